The summed E-state index contributed by atoms with van der Waals surface area (Å²) in [6.45, 7) is 9.32. The molecule has 1 aliphatic rings. The first kappa shape index (κ1) is 16.6. The molecule has 0 radical (unpaired) electrons. The molecule has 134 valence electrons. The Balaban J connectivity index is 1.82. The third-order valence-electron chi connectivity index (χ3n) is 5.12. The van der Waals surface area contributed by atoms with Crippen LogP contribution in [0, 0.1) is 19.8 Å². The summed E-state index contributed by atoms with van der Waals surface area (Å²) in [5.41, 5.74) is 5.68. The van der Waals surface area contributed by atoms with Crippen molar-refractivity contribution in [2.24, 2.45) is 5.92 Å². The molecule has 4 rings (SSSR count). The summed E-state index contributed by atoms with van der Waals surface area (Å²) < 4.78 is 4.10. The average molecular weight is 348 g/mol. The molecule has 0 bridgehead atoms. The minimum absolute atomic E-state index is 0.000839. The summed E-state index contributed by atoms with van der Waals surface area (Å²) >= 11 is 0. The van der Waals surface area contributed by atoms with Crippen LogP contribution in [0.1, 0.15) is 36.2 Å². The number of carbonyl (C=O) groups excluding carboxylic acids is 1. The molecule has 0 N–H and O–H groups in total. The molecule has 5 nitrogen and oxygen atoms in total. The van der Waals surface area contributed by atoms with Crippen molar-refractivity contribution >= 4 is 5.91 Å². The van der Waals surface area contributed by atoms with Gasteiger partial charge in [-0.15, -0.1) is 0 Å². The summed E-state index contributed by atoms with van der Waals surface area (Å²) in [5, 5.41) is 4.88. The minimum atomic E-state index is 0.000839. The number of aryl methyl sites for hydroxylation is 2. The predicted octanol–water partition coefficient (Wildman–Crippen LogP) is 3.78. The fourth-order valence-corrected chi connectivity index (χ4v) is 3.50. The van der Waals surface area contributed by atoms with Crippen LogP contribution >= 0.6 is 0 Å². The van der Waals surface area contributed by atoms with E-state index in [4.69, 9.17) is 5.10 Å². The standard InChI is InChI=1S/C21H24N4O/c1-14(2)21(26)24-12-18-19(13-24)22-25(20(18)23-9-5-6-10-23)17-8-7-15(3)16(4)11-17/h5-11,14H,12-13H2,1-4H3. The molecule has 0 saturated heterocycles. The van der Waals surface area contributed by atoms with Gasteiger partial charge in [-0.3, -0.25) is 4.79 Å². The van der Waals surface area contributed by atoms with Crippen molar-refractivity contribution in [2.75, 3.05) is 0 Å². The first-order valence-corrected chi connectivity index (χ1v) is 9.06. The van der Waals surface area contributed by atoms with Gasteiger partial charge < -0.3 is 9.47 Å². The molecular weight excluding hydrogens is 324 g/mol. The molecule has 3 aromatic rings. The number of fused-ring (bicyclic) bond motifs is 1. The van der Waals surface area contributed by atoms with Gasteiger partial charge in [0.25, 0.3) is 0 Å². The Morgan fingerprint density at radius 3 is 2.46 bits per heavy atom. The first-order valence-electron chi connectivity index (χ1n) is 9.06. The molecule has 1 aliphatic heterocycles. The Kier molecular flexibility index (Phi) is 3.94. The van der Waals surface area contributed by atoms with Gasteiger partial charge in [-0.1, -0.05) is 19.9 Å². The second kappa shape index (κ2) is 6.16. The Labute approximate surface area is 153 Å². The van der Waals surface area contributed by atoms with E-state index in [2.05, 4.69) is 36.6 Å². The number of hydrogen-bond donors (Lipinski definition) is 0. The molecule has 0 aliphatic carbocycles. The molecule has 2 aromatic heterocycles. The van der Waals surface area contributed by atoms with Crippen LogP contribution in [-0.4, -0.2) is 25.2 Å². The molecule has 0 fully saturated rings. The van der Waals surface area contributed by atoms with E-state index in [9.17, 15) is 4.79 Å². The van der Waals surface area contributed by atoms with Crippen LogP contribution in [0.3, 0.4) is 0 Å². The highest BCUT2D eigenvalue weighted by atomic mass is 16.2. The van der Waals surface area contributed by atoms with Gasteiger partial charge in [0.15, 0.2) is 0 Å². The number of carbonyl (C=O) groups is 1. The van der Waals surface area contributed by atoms with Crippen molar-refractivity contribution in [1.82, 2.24) is 19.2 Å². The second-order valence-electron chi connectivity index (χ2n) is 7.37. The lowest BCUT2D eigenvalue weighted by Gasteiger charge is -2.19. The second-order valence-corrected chi connectivity index (χ2v) is 7.37. The maximum atomic E-state index is 12.4. The Hall–Kier alpha value is -2.82. The van der Waals surface area contributed by atoms with Crippen molar-refractivity contribution in [3.8, 4) is 11.5 Å². The van der Waals surface area contributed by atoms with Crippen LogP contribution in [0.15, 0.2) is 42.7 Å². The van der Waals surface area contributed by atoms with E-state index < -0.39 is 0 Å². The molecule has 26 heavy (non-hydrogen) atoms. The largest absolute Gasteiger partial charge is 0.332 e. The topological polar surface area (TPSA) is 43.1 Å². The molecule has 5 heteroatoms. The lowest BCUT2D eigenvalue weighted by atomic mass is 10.1. The number of rotatable bonds is 3. The molecule has 0 saturated carbocycles. The van der Waals surface area contributed by atoms with Crippen molar-refractivity contribution in [3.63, 3.8) is 0 Å². The molecule has 0 unspecified atom stereocenters. The quantitative estimate of drug-likeness (QED) is 0.723. The highest BCUT2D eigenvalue weighted by Crippen LogP contribution is 2.31. The van der Waals surface area contributed by atoms with E-state index in [0.717, 1.165) is 22.8 Å². The lowest BCUT2D eigenvalue weighted by Crippen LogP contribution is -2.30. The van der Waals surface area contributed by atoms with Crippen molar-refractivity contribution < 1.29 is 4.79 Å². The zero-order chi connectivity index (χ0) is 18.4. The van der Waals surface area contributed by atoms with Crippen LogP contribution in [-0.2, 0) is 17.9 Å². The summed E-state index contributed by atoms with van der Waals surface area (Å²) in [6.07, 6.45) is 4.06. The molecule has 1 amide bonds. The maximum absolute atomic E-state index is 12.4. The van der Waals surface area contributed by atoms with Crippen LogP contribution in [0.5, 0.6) is 0 Å². The van der Waals surface area contributed by atoms with Gasteiger partial charge in [0, 0.05) is 23.9 Å². The Bertz CT molecular complexity index is 966. The lowest BCUT2D eigenvalue weighted by molar-refractivity contribution is -0.135. The van der Waals surface area contributed by atoms with Crippen molar-refractivity contribution in [2.45, 2.75) is 40.8 Å². The van der Waals surface area contributed by atoms with Gasteiger partial charge in [0.05, 0.1) is 24.5 Å². The SMILES string of the molecule is Cc1ccc(-n2nc3c(c2-n2cccc2)CN(C(=O)C(C)C)C3)cc1C. The van der Waals surface area contributed by atoms with Crippen LogP contribution in [0.2, 0.25) is 0 Å². The first-order chi connectivity index (χ1) is 12.5. The Morgan fingerprint density at radius 2 is 1.81 bits per heavy atom. The fraction of sp³-hybridized carbons (Fsp3) is 0.333. The monoisotopic (exact) mass is 348 g/mol. The van der Waals surface area contributed by atoms with E-state index in [-0.39, 0.29) is 11.8 Å². The predicted molar refractivity (Wildman–Crippen MR) is 101 cm³/mol. The number of hydrogen-bond acceptors (Lipinski definition) is 2. The van der Waals surface area contributed by atoms with Gasteiger partial charge in [0.2, 0.25) is 5.91 Å². The Morgan fingerprint density at radius 1 is 1.08 bits per heavy atom. The third-order valence-corrected chi connectivity index (χ3v) is 5.12. The number of nitrogens with zero attached hydrogens (tertiary/aromatic N) is 4. The van der Waals surface area contributed by atoms with Crippen LogP contribution in [0.4, 0.5) is 0 Å². The fourth-order valence-electron chi connectivity index (χ4n) is 3.50. The van der Waals surface area contributed by atoms with Gasteiger partial charge in [0.1, 0.15) is 5.82 Å². The molecule has 1 aromatic carbocycles. The van der Waals surface area contributed by atoms with Gasteiger partial charge in [-0.25, -0.2) is 4.68 Å². The highest BCUT2D eigenvalue weighted by molar-refractivity contribution is 5.79. The van der Waals surface area contributed by atoms with E-state index in [0.29, 0.717) is 13.1 Å². The highest BCUT2D eigenvalue weighted by Gasteiger charge is 2.32. The van der Waals surface area contributed by atoms with Gasteiger partial charge in [-0.2, -0.15) is 5.10 Å². The van der Waals surface area contributed by atoms with Crippen molar-refractivity contribution in [3.05, 3.63) is 65.1 Å². The van der Waals surface area contributed by atoms with Crippen molar-refractivity contribution in [1.29, 1.82) is 0 Å². The molecule has 0 atom stereocenters. The van der Waals surface area contributed by atoms with Crippen LogP contribution in [0.25, 0.3) is 11.5 Å². The smallest absolute Gasteiger partial charge is 0.225 e. The van der Waals surface area contributed by atoms with E-state index in [1.165, 1.54) is 11.1 Å². The van der Waals surface area contributed by atoms with Gasteiger partial charge in [-0.05, 0) is 49.2 Å². The van der Waals surface area contributed by atoms with Gasteiger partial charge >= 0.3 is 0 Å². The summed E-state index contributed by atoms with van der Waals surface area (Å²) in [4.78, 5) is 14.3. The molecule has 3 heterocycles. The number of aromatic nitrogens is 3. The third kappa shape index (κ3) is 2.64. The van der Waals surface area contributed by atoms with E-state index in [1.807, 2.05) is 48.0 Å². The number of benzene rings is 1. The maximum Gasteiger partial charge on any atom is 0.225 e. The minimum Gasteiger partial charge on any atom is -0.332 e. The normalized spacial score (nSPS) is 13.5. The summed E-state index contributed by atoms with van der Waals surface area (Å²) in [6, 6.07) is 10.4. The summed E-state index contributed by atoms with van der Waals surface area (Å²) in [7, 11) is 0. The van der Waals surface area contributed by atoms with E-state index in [1.54, 1.807) is 0 Å². The van der Waals surface area contributed by atoms with E-state index >= 15 is 0 Å². The molecule has 0 spiro atoms. The van der Waals surface area contributed by atoms with Crippen LogP contribution < -0.4 is 0 Å². The average Bonchev–Trinajstić information content (AvgIpc) is 3.31. The molecular formula is C21H24N4O. The zero-order valence-electron chi connectivity index (χ0n) is 15.7. The summed E-state index contributed by atoms with van der Waals surface area (Å²) in [5.74, 6) is 1.20. The zero-order valence-corrected chi connectivity index (χ0v) is 15.7. The number of amides is 1.